The molecule has 0 radical (unpaired) electrons. The molecule has 29 heavy (non-hydrogen) atoms. The van der Waals surface area contributed by atoms with Crippen LogP contribution in [0, 0.1) is 5.82 Å². The first-order valence-electron chi connectivity index (χ1n) is 8.74. The quantitative estimate of drug-likeness (QED) is 0.297. The summed E-state index contributed by atoms with van der Waals surface area (Å²) in [4.78, 5) is 32.0. The van der Waals surface area contributed by atoms with Gasteiger partial charge in [-0.3, -0.25) is 9.59 Å². The molecule has 2 heterocycles. The van der Waals surface area contributed by atoms with E-state index in [0.29, 0.717) is 22.0 Å². The number of benzene rings is 2. The Morgan fingerprint density at radius 3 is 2.59 bits per heavy atom. The van der Waals surface area contributed by atoms with Crippen LogP contribution in [0.2, 0.25) is 0 Å². The highest BCUT2D eigenvalue weighted by Crippen LogP contribution is 2.37. The van der Waals surface area contributed by atoms with Gasteiger partial charge in [0.15, 0.2) is 16.7 Å². The Balaban J connectivity index is 1.65. The lowest BCUT2D eigenvalue weighted by molar-refractivity contribution is -0.116. The molecule has 7 nitrogen and oxygen atoms in total. The summed E-state index contributed by atoms with van der Waals surface area (Å²) in [7, 11) is 0. The van der Waals surface area contributed by atoms with Crippen LogP contribution in [0.25, 0.3) is 0 Å². The van der Waals surface area contributed by atoms with Crippen molar-refractivity contribution in [3.63, 3.8) is 0 Å². The van der Waals surface area contributed by atoms with Gasteiger partial charge in [0.1, 0.15) is 11.6 Å². The molecule has 1 atom stereocenters. The van der Waals surface area contributed by atoms with Crippen LogP contribution in [0.1, 0.15) is 29.0 Å². The predicted molar refractivity (Wildman–Crippen MR) is 106 cm³/mol. The highest BCUT2D eigenvalue weighted by Gasteiger charge is 2.31. The van der Waals surface area contributed by atoms with Crippen molar-refractivity contribution in [2.24, 2.45) is 0 Å². The first-order valence-corrected chi connectivity index (χ1v) is 9.72. The van der Waals surface area contributed by atoms with Crippen molar-refractivity contribution < 1.29 is 19.4 Å². The van der Waals surface area contributed by atoms with E-state index >= 15 is 0 Å². The molecule has 0 bridgehead atoms. The zero-order chi connectivity index (χ0) is 20.5. The second kappa shape index (κ2) is 7.59. The summed E-state index contributed by atoms with van der Waals surface area (Å²) >= 11 is 1.26. The van der Waals surface area contributed by atoms with Gasteiger partial charge in [-0.1, -0.05) is 30.0 Å². The van der Waals surface area contributed by atoms with E-state index in [1.54, 1.807) is 18.2 Å². The highest BCUT2D eigenvalue weighted by molar-refractivity contribution is 7.98. The smallest absolute Gasteiger partial charge is 0.257 e. The molecule has 148 valence electrons. The summed E-state index contributed by atoms with van der Waals surface area (Å²) in [6.07, 6.45) is 0.0179. The Hall–Kier alpha value is -3.33. The van der Waals surface area contributed by atoms with Crippen molar-refractivity contribution in [1.82, 2.24) is 9.97 Å². The van der Waals surface area contributed by atoms with Crippen LogP contribution in [0.5, 0.6) is 11.5 Å². The summed E-state index contributed by atoms with van der Waals surface area (Å²) < 4.78 is 13.0. The van der Waals surface area contributed by atoms with E-state index in [-0.39, 0.29) is 35.5 Å². The Morgan fingerprint density at radius 1 is 1.10 bits per heavy atom. The lowest BCUT2D eigenvalue weighted by Crippen LogP contribution is -2.31. The Kier molecular flexibility index (Phi) is 4.98. The second-order valence-electron chi connectivity index (χ2n) is 6.60. The van der Waals surface area contributed by atoms with Crippen molar-refractivity contribution in [3.8, 4) is 11.5 Å². The number of aromatic nitrogens is 2. The minimum Gasteiger partial charge on any atom is -0.504 e. The van der Waals surface area contributed by atoms with E-state index in [0.717, 1.165) is 5.56 Å². The van der Waals surface area contributed by atoms with Crippen molar-refractivity contribution >= 4 is 23.5 Å². The van der Waals surface area contributed by atoms with Crippen molar-refractivity contribution in [3.05, 3.63) is 75.3 Å². The lowest BCUT2D eigenvalue weighted by Gasteiger charge is -2.24. The molecular formula is C20H16FN3O4S. The van der Waals surface area contributed by atoms with Gasteiger partial charge in [0.05, 0.1) is 5.56 Å². The zero-order valence-corrected chi connectivity index (χ0v) is 15.8. The average molecular weight is 413 g/mol. The van der Waals surface area contributed by atoms with E-state index in [1.165, 1.54) is 36.0 Å². The van der Waals surface area contributed by atoms with E-state index in [1.807, 2.05) is 0 Å². The minimum atomic E-state index is -0.599. The molecule has 0 aliphatic carbocycles. The summed E-state index contributed by atoms with van der Waals surface area (Å²) in [5.74, 6) is -1.21. The molecule has 0 saturated heterocycles. The number of phenols is 2. The van der Waals surface area contributed by atoms with Gasteiger partial charge in [-0.25, -0.2) is 9.37 Å². The number of hydrogen-bond donors (Lipinski definition) is 4. The molecule has 0 saturated carbocycles. The number of anilines is 1. The normalized spacial score (nSPS) is 15.6. The number of rotatable bonds is 4. The largest absolute Gasteiger partial charge is 0.504 e. The zero-order valence-electron chi connectivity index (χ0n) is 15.0. The first kappa shape index (κ1) is 19.0. The third-order valence-electron chi connectivity index (χ3n) is 4.62. The van der Waals surface area contributed by atoms with Crippen LogP contribution in [0.4, 0.5) is 10.2 Å². The van der Waals surface area contributed by atoms with Crippen LogP contribution >= 0.6 is 11.8 Å². The Labute approximate surface area is 168 Å². The number of phenolic OH excluding ortho intramolecular Hbond substituents is 2. The summed E-state index contributed by atoms with van der Waals surface area (Å²) in [5.41, 5.74) is 1.28. The molecule has 1 aromatic heterocycles. The number of aromatic hydroxyl groups is 2. The van der Waals surface area contributed by atoms with Crippen LogP contribution in [-0.2, 0) is 10.5 Å². The molecule has 1 aliphatic rings. The van der Waals surface area contributed by atoms with Crippen LogP contribution in [-0.4, -0.2) is 26.1 Å². The number of hydrogen-bond acceptors (Lipinski definition) is 6. The fraction of sp³-hybridized carbons (Fsp3) is 0.150. The van der Waals surface area contributed by atoms with Gasteiger partial charge >= 0.3 is 0 Å². The molecule has 4 N–H and O–H groups in total. The maximum absolute atomic E-state index is 13.0. The second-order valence-corrected chi connectivity index (χ2v) is 7.57. The molecule has 9 heteroatoms. The molecule has 3 aromatic rings. The number of carbonyl (C=O) groups is 1. The number of aromatic amines is 1. The highest BCUT2D eigenvalue weighted by atomic mass is 32.2. The molecule has 1 amide bonds. The molecule has 1 aliphatic heterocycles. The van der Waals surface area contributed by atoms with Gasteiger partial charge in [0, 0.05) is 18.1 Å². The summed E-state index contributed by atoms with van der Waals surface area (Å²) in [6, 6.07) is 10.2. The number of nitrogens with zero attached hydrogens (tertiary/aromatic N) is 1. The van der Waals surface area contributed by atoms with Gasteiger partial charge in [-0.05, 0) is 35.4 Å². The predicted octanol–water partition coefficient (Wildman–Crippen LogP) is 3.09. The SMILES string of the molecule is O=C1C[C@@H](c2ccc(O)c(O)c2)c2c(nc(SCc3ccc(F)cc3)[nH]c2=O)N1. The number of fused-ring (bicyclic) bond motifs is 1. The lowest BCUT2D eigenvalue weighted by atomic mass is 9.86. The topological polar surface area (TPSA) is 115 Å². The van der Waals surface area contributed by atoms with Gasteiger partial charge in [0.2, 0.25) is 5.91 Å². The maximum Gasteiger partial charge on any atom is 0.257 e. The van der Waals surface area contributed by atoms with Gasteiger partial charge in [-0.15, -0.1) is 0 Å². The number of H-pyrrole nitrogens is 1. The van der Waals surface area contributed by atoms with Crippen molar-refractivity contribution in [2.45, 2.75) is 23.2 Å². The fourth-order valence-corrected chi connectivity index (χ4v) is 4.01. The van der Waals surface area contributed by atoms with E-state index in [4.69, 9.17) is 0 Å². The van der Waals surface area contributed by atoms with Crippen molar-refractivity contribution in [2.75, 3.05) is 5.32 Å². The monoisotopic (exact) mass is 413 g/mol. The molecule has 0 unspecified atom stereocenters. The van der Waals surface area contributed by atoms with E-state index in [2.05, 4.69) is 15.3 Å². The molecule has 0 fully saturated rings. The van der Waals surface area contributed by atoms with Gasteiger partial charge < -0.3 is 20.5 Å². The van der Waals surface area contributed by atoms with E-state index < -0.39 is 11.5 Å². The fourth-order valence-electron chi connectivity index (χ4n) is 3.19. The van der Waals surface area contributed by atoms with Gasteiger partial charge in [-0.2, -0.15) is 0 Å². The van der Waals surface area contributed by atoms with Crippen LogP contribution < -0.4 is 10.9 Å². The summed E-state index contributed by atoms with van der Waals surface area (Å²) in [6.45, 7) is 0. The average Bonchev–Trinajstić information content (AvgIpc) is 2.68. The molecule has 0 spiro atoms. The minimum absolute atomic E-state index is 0.0179. The van der Waals surface area contributed by atoms with Crippen LogP contribution in [0.3, 0.4) is 0 Å². The molecule has 4 rings (SSSR count). The number of nitrogens with one attached hydrogen (secondary N) is 2. The number of carbonyl (C=O) groups excluding carboxylic acids is 1. The van der Waals surface area contributed by atoms with Gasteiger partial charge in [0.25, 0.3) is 5.56 Å². The Morgan fingerprint density at radius 2 is 1.86 bits per heavy atom. The van der Waals surface area contributed by atoms with E-state index in [9.17, 15) is 24.2 Å². The summed E-state index contributed by atoms with van der Waals surface area (Å²) in [5, 5.41) is 22.2. The third kappa shape index (κ3) is 3.95. The standard InChI is InChI=1S/C20H16FN3O4S/c21-12-4-1-10(2-5-12)9-29-20-23-18-17(19(28)24-20)13(8-16(27)22-18)11-3-6-14(25)15(26)7-11/h1-7,13,25-26H,8-9H2,(H2,22,23,24,27,28)/t13-/m0/s1. The third-order valence-corrected chi connectivity index (χ3v) is 5.56. The number of halogens is 1. The number of amides is 1. The van der Waals surface area contributed by atoms with Crippen LogP contribution in [0.15, 0.2) is 52.4 Å². The maximum atomic E-state index is 13.0. The first-order chi connectivity index (χ1) is 13.9. The number of thioether (sulfide) groups is 1. The molecule has 2 aromatic carbocycles. The Bertz CT molecular complexity index is 1150. The molecular weight excluding hydrogens is 397 g/mol. The van der Waals surface area contributed by atoms with Crippen molar-refractivity contribution in [1.29, 1.82) is 0 Å².